The molecular formula is C15H14ClN3O. The van der Waals surface area contributed by atoms with Gasteiger partial charge in [-0.25, -0.2) is 9.97 Å². The molecule has 0 fully saturated rings. The van der Waals surface area contributed by atoms with Crippen LogP contribution in [0.4, 0.5) is 0 Å². The van der Waals surface area contributed by atoms with Gasteiger partial charge in [0.05, 0.1) is 30.1 Å². The summed E-state index contributed by atoms with van der Waals surface area (Å²) >= 11 is 5.95. The Balaban J connectivity index is 2.27. The summed E-state index contributed by atoms with van der Waals surface area (Å²) in [5, 5.41) is 1.54. The lowest BCUT2D eigenvalue weighted by atomic mass is 10.1. The summed E-state index contributed by atoms with van der Waals surface area (Å²) in [6, 6.07) is 7.91. The zero-order valence-electron chi connectivity index (χ0n) is 11.5. The predicted molar refractivity (Wildman–Crippen MR) is 80.2 cm³/mol. The first-order chi connectivity index (χ1) is 9.60. The van der Waals surface area contributed by atoms with E-state index in [2.05, 4.69) is 20.6 Å². The molecule has 0 saturated heterocycles. The van der Waals surface area contributed by atoms with Crippen LogP contribution < -0.4 is 4.74 Å². The molecule has 3 aromatic heterocycles. The smallest absolute Gasteiger partial charge is 0.222 e. The number of pyridine rings is 2. The third kappa shape index (κ3) is 2.02. The molecule has 0 saturated carbocycles. The number of aromatic nitrogens is 3. The SMILES string of the molecule is COc1nc(C)ccc1-c1cc2cc(Cl)ncc2n1C. The Morgan fingerprint density at radius 3 is 2.80 bits per heavy atom. The first kappa shape index (κ1) is 12.9. The van der Waals surface area contributed by atoms with Crippen molar-refractivity contribution in [2.24, 2.45) is 7.05 Å². The fourth-order valence-electron chi connectivity index (χ4n) is 2.35. The Morgan fingerprint density at radius 2 is 2.05 bits per heavy atom. The summed E-state index contributed by atoms with van der Waals surface area (Å²) in [5.41, 5.74) is 3.92. The number of rotatable bonds is 2. The van der Waals surface area contributed by atoms with E-state index in [4.69, 9.17) is 16.3 Å². The average molecular weight is 288 g/mol. The standard InChI is InChI=1S/C15H14ClN3O/c1-9-4-5-11(15(18-9)20-3)12-6-10-7-14(16)17-8-13(10)19(12)2/h4-8H,1-3H3. The summed E-state index contributed by atoms with van der Waals surface area (Å²) in [5.74, 6) is 0.620. The van der Waals surface area contributed by atoms with Crippen molar-refractivity contribution < 1.29 is 4.74 Å². The maximum absolute atomic E-state index is 5.95. The highest BCUT2D eigenvalue weighted by atomic mass is 35.5. The van der Waals surface area contributed by atoms with E-state index in [-0.39, 0.29) is 0 Å². The molecule has 0 aliphatic carbocycles. The fourth-order valence-corrected chi connectivity index (χ4v) is 2.51. The summed E-state index contributed by atoms with van der Waals surface area (Å²) in [6.07, 6.45) is 1.77. The lowest BCUT2D eigenvalue weighted by Gasteiger charge is -2.09. The van der Waals surface area contributed by atoms with Gasteiger partial charge >= 0.3 is 0 Å². The van der Waals surface area contributed by atoms with Crippen LogP contribution in [-0.4, -0.2) is 21.6 Å². The zero-order chi connectivity index (χ0) is 14.3. The van der Waals surface area contributed by atoms with Gasteiger partial charge in [-0.15, -0.1) is 0 Å². The molecule has 0 atom stereocenters. The van der Waals surface area contributed by atoms with Gasteiger partial charge < -0.3 is 9.30 Å². The average Bonchev–Trinajstić information content (AvgIpc) is 2.75. The van der Waals surface area contributed by atoms with Crippen molar-refractivity contribution in [2.75, 3.05) is 7.11 Å². The Hall–Kier alpha value is -2.07. The van der Waals surface area contributed by atoms with Gasteiger partial charge in [0.1, 0.15) is 5.15 Å². The minimum atomic E-state index is 0.489. The van der Waals surface area contributed by atoms with E-state index >= 15 is 0 Å². The molecule has 0 aliphatic rings. The molecule has 0 N–H and O–H groups in total. The Bertz CT molecular complexity index is 795. The van der Waals surface area contributed by atoms with E-state index in [0.717, 1.165) is 27.9 Å². The van der Waals surface area contributed by atoms with E-state index in [1.807, 2.05) is 32.2 Å². The quantitative estimate of drug-likeness (QED) is 0.676. The van der Waals surface area contributed by atoms with Crippen molar-refractivity contribution >= 4 is 22.5 Å². The molecule has 0 unspecified atom stereocenters. The second-order valence-electron chi connectivity index (χ2n) is 4.66. The molecule has 0 amide bonds. The Morgan fingerprint density at radius 1 is 1.25 bits per heavy atom. The number of methoxy groups -OCH3 is 1. The van der Waals surface area contributed by atoms with Crippen molar-refractivity contribution in [1.29, 1.82) is 0 Å². The minimum Gasteiger partial charge on any atom is -0.480 e. The number of halogens is 1. The zero-order valence-corrected chi connectivity index (χ0v) is 12.3. The molecule has 5 heteroatoms. The molecule has 0 radical (unpaired) electrons. The van der Waals surface area contributed by atoms with E-state index in [0.29, 0.717) is 11.0 Å². The highest BCUT2D eigenvalue weighted by Gasteiger charge is 2.14. The summed E-state index contributed by atoms with van der Waals surface area (Å²) < 4.78 is 7.45. The van der Waals surface area contributed by atoms with Crippen LogP contribution in [0.2, 0.25) is 5.15 Å². The van der Waals surface area contributed by atoms with Crippen LogP contribution in [0.1, 0.15) is 5.69 Å². The molecule has 102 valence electrons. The topological polar surface area (TPSA) is 39.9 Å². The first-order valence-corrected chi connectivity index (χ1v) is 6.61. The monoisotopic (exact) mass is 287 g/mol. The number of aryl methyl sites for hydroxylation is 2. The van der Waals surface area contributed by atoms with Crippen molar-refractivity contribution in [2.45, 2.75) is 6.92 Å². The van der Waals surface area contributed by atoms with Crippen molar-refractivity contribution in [1.82, 2.24) is 14.5 Å². The molecule has 0 aliphatic heterocycles. The summed E-state index contributed by atoms with van der Waals surface area (Å²) in [6.45, 7) is 1.94. The maximum Gasteiger partial charge on any atom is 0.222 e. The van der Waals surface area contributed by atoms with Gasteiger partial charge in [0.25, 0.3) is 0 Å². The Kier molecular flexibility index (Phi) is 3.10. The third-order valence-corrected chi connectivity index (χ3v) is 3.57. The van der Waals surface area contributed by atoms with E-state index < -0.39 is 0 Å². The van der Waals surface area contributed by atoms with Crippen molar-refractivity contribution in [3.05, 3.63) is 41.3 Å². The van der Waals surface area contributed by atoms with Gasteiger partial charge in [0.2, 0.25) is 5.88 Å². The molecule has 0 spiro atoms. The van der Waals surface area contributed by atoms with E-state index in [9.17, 15) is 0 Å². The highest BCUT2D eigenvalue weighted by molar-refractivity contribution is 6.30. The number of hydrogen-bond acceptors (Lipinski definition) is 3. The van der Waals surface area contributed by atoms with Crippen LogP contribution in [0.5, 0.6) is 5.88 Å². The van der Waals surface area contributed by atoms with Gasteiger partial charge in [-0.2, -0.15) is 0 Å². The molecule has 3 aromatic rings. The van der Waals surface area contributed by atoms with E-state index in [1.165, 1.54) is 0 Å². The molecule has 0 bridgehead atoms. The fraction of sp³-hybridized carbons (Fsp3) is 0.200. The van der Waals surface area contributed by atoms with Gasteiger partial charge in [-0.1, -0.05) is 11.6 Å². The number of fused-ring (bicyclic) bond motifs is 1. The molecule has 0 aromatic carbocycles. The maximum atomic E-state index is 5.95. The number of nitrogens with zero attached hydrogens (tertiary/aromatic N) is 3. The van der Waals surface area contributed by atoms with Gasteiger partial charge in [0, 0.05) is 18.1 Å². The van der Waals surface area contributed by atoms with Gasteiger partial charge in [-0.05, 0) is 31.2 Å². The third-order valence-electron chi connectivity index (χ3n) is 3.36. The molecular weight excluding hydrogens is 274 g/mol. The number of hydrogen-bond donors (Lipinski definition) is 0. The lowest BCUT2D eigenvalue weighted by Crippen LogP contribution is -1.97. The molecule has 3 heterocycles. The van der Waals surface area contributed by atoms with Crippen LogP contribution in [-0.2, 0) is 7.05 Å². The lowest BCUT2D eigenvalue weighted by molar-refractivity contribution is 0.398. The second kappa shape index (κ2) is 4.80. The summed E-state index contributed by atoms with van der Waals surface area (Å²) in [4.78, 5) is 8.55. The second-order valence-corrected chi connectivity index (χ2v) is 5.05. The van der Waals surface area contributed by atoms with Crippen molar-refractivity contribution in [3.63, 3.8) is 0 Å². The normalized spacial score (nSPS) is 11.0. The van der Waals surface area contributed by atoms with Crippen LogP contribution >= 0.6 is 11.6 Å². The minimum absolute atomic E-state index is 0.489. The van der Waals surface area contributed by atoms with Gasteiger partial charge in [-0.3, -0.25) is 0 Å². The largest absolute Gasteiger partial charge is 0.480 e. The van der Waals surface area contributed by atoms with E-state index in [1.54, 1.807) is 13.3 Å². The first-order valence-electron chi connectivity index (χ1n) is 6.23. The van der Waals surface area contributed by atoms with Crippen LogP contribution in [0, 0.1) is 6.92 Å². The highest BCUT2D eigenvalue weighted by Crippen LogP contribution is 2.32. The summed E-state index contributed by atoms with van der Waals surface area (Å²) in [7, 11) is 3.62. The molecule has 3 rings (SSSR count). The van der Waals surface area contributed by atoms with Crippen molar-refractivity contribution in [3.8, 4) is 17.1 Å². The predicted octanol–water partition coefficient (Wildman–Crippen LogP) is 3.61. The number of ether oxygens (including phenoxy) is 1. The van der Waals surface area contributed by atoms with Gasteiger partial charge in [0.15, 0.2) is 0 Å². The van der Waals surface area contributed by atoms with Crippen LogP contribution in [0.3, 0.4) is 0 Å². The molecule has 4 nitrogen and oxygen atoms in total. The molecule has 20 heavy (non-hydrogen) atoms. The Labute approximate surface area is 122 Å². The van der Waals surface area contributed by atoms with Crippen LogP contribution in [0.25, 0.3) is 22.2 Å². The van der Waals surface area contributed by atoms with Crippen LogP contribution in [0.15, 0.2) is 30.5 Å².